The number of hydrogen-bond donors (Lipinski definition) is 2. The van der Waals surface area contributed by atoms with Gasteiger partial charge in [0.05, 0.1) is 18.3 Å². The highest BCUT2D eigenvalue weighted by Gasteiger charge is 2.16. The highest BCUT2D eigenvalue weighted by Crippen LogP contribution is 2.22. The van der Waals surface area contributed by atoms with Crippen molar-refractivity contribution in [2.45, 2.75) is 19.9 Å². The second kappa shape index (κ2) is 5.40. The Morgan fingerprint density at radius 1 is 1.37 bits per heavy atom. The zero-order chi connectivity index (χ0) is 14.0. The molecule has 1 heterocycles. The average Bonchev–Trinajstić information content (AvgIpc) is 2.64. The molecule has 1 unspecified atom stereocenters. The molecule has 0 bridgehead atoms. The van der Waals surface area contributed by atoms with Gasteiger partial charge in [-0.15, -0.1) is 0 Å². The first-order valence-electron chi connectivity index (χ1n) is 6.14. The number of anilines is 1. The summed E-state index contributed by atoms with van der Waals surface area (Å²) in [7, 11) is 1.83. The number of aromatic nitrogens is 2. The van der Waals surface area contributed by atoms with E-state index in [0.29, 0.717) is 5.69 Å². The van der Waals surface area contributed by atoms with Crippen molar-refractivity contribution in [1.82, 2.24) is 9.78 Å². The second-order valence-electron chi connectivity index (χ2n) is 4.74. The molecule has 0 fully saturated rings. The zero-order valence-electron chi connectivity index (χ0n) is 11.3. The molecule has 1 atom stereocenters. The van der Waals surface area contributed by atoms with Crippen LogP contribution in [0.3, 0.4) is 0 Å². The van der Waals surface area contributed by atoms with E-state index < -0.39 is 0 Å². The molecular formula is C14H18FN3O. The molecule has 0 aliphatic heterocycles. The van der Waals surface area contributed by atoms with Gasteiger partial charge in [-0.25, -0.2) is 4.39 Å². The minimum absolute atomic E-state index is 0.0813. The van der Waals surface area contributed by atoms with Crippen LogP contribution >= 0.6 is 0 Å². The molecule has 2 rings (SSSR count). The van der Waals surface area contributed by atoms with Crippen molar-refractivity contribution in [3.8, 4) is 0 Å². The lowest BCUT2D eigenvalue weighted by Crippen LogP contribution is -2.15. The quantitative estimate of drug-likeness (QED) is 0.890. The highest BCUT2D eigenvalue weighted by molar-refractivity contribution is 5.48. The van der Waals surface area contributed by atoms with Crippen molar-refractivity contribution in [3.63, 3.8) is 0 Å². The maximum absolute atomic E-state index is 13.3. The topological polar surface area (TPSA) is 50.1 Å². The molecule has 1 aromatic heterocycles. The fourth-order valence-electron chi connectivity index (χ4n) is 2.20. The molecule has 19 heavy (non-hydrogen) atoms. The number of nitrogens with one attached hydrogen (secondary N) is 1. The van der Waals surface area contributed by atoms with Crippen LogP contribution in [0, 0.1) is 19.7 Å². The minimum Gasteiger partial charge on any atom is -0.394 e. The van der Waals surface area contributed by atoms with Gasteiger partial charge in [0.15, 0.2) is 0 Å². The number of halogens is 1. The van der Waals surface area contributed by atoms with Crippen LogP contribution < -0.4 is 5.32 Å². The number of aliphatic hydroxyl groups excluding tert-OH is 1. The maximum atomic E-state index is 13.3. The van der Waals surface area contributed by atoms with Crippen molar-refractivity contribution in [1.29, 1.82) is 0 Å². The average molecular weight is 263 g/mol. The van der Waals surface area contributed by atoms with Gasteiger partial charge in [-0.3, -0.25) is 4.68 Å². The van der Waals surface area contributed by atoms with E-state index in [2.05, 4.69) is 10.4 Å². The first kappa shape index (κ1) is 13.5. The molecule has 1 aromatic carbocycles. The monoisotopic (exact) mass is 263 g/mol. The van der Waals surface area contributed by atoms with Crippen molar-refractivity contribution in [2.75, 3.05) is 11.9 Å². The van der Waals surface area contributed by atoms with Crippen molar-refractivity contribution < 1.29 is 9.50 Å². The molecule has 0 aliphatic rings. The summed E-state index contributed by atoms with van der Waals surface area (Å²) in [6.45, 7) is 3.64. The highest BCUT2D eigenvalue weighted by atomic mass is 19.1. The normalized spacial score (nSPS) is 12.5. The summed E-state index contributed by atoms with van der Waals surface area (Å²) in [6.07, 6.45) is 1.86. The van der Waals surface area contributed by atoms with Crippen molar-refractivity contribution >= 4 is 5.69 Å². The molecule has 2 N–H and O–H groups in total. The van der Waals surface area contributed by atoms with Gasteiger partial charge >= 0.3 is 0 Å². The van der Waals surface area contributed by atoms with Gasteiger partial charge in [-0.1, -0.05) is 0 Å². The largest absolute Gasteiger partial charge is 0.394 e. The van der Waals surface area contributed by atoms with Crippen LogP contribution in [0.25, 0.3) is 0 Å². The molecule has 102 valence electrons. The van der Waals surface area contributed by atoms with Gasteiger partial charge in [0, 0.05) is 24.5 Å². The molecule has 5 heteroatoms. The smallest absolute Gasteiger partial charge is 0.125 e. The number of benzene rings is 1. The van der Waals surface area contributed by atoms with E-state index in [0.717, 1.165) is 16.8 Å². The Kier molecular flexibility index (Phi) is 3.85. The summed E-state index contributed by atoms with van der Waals surface area (Å²) in [5.41, 5.74) is 3.25. The van der Waals surface area contributed by atoms with Crippen LogP contribution in [0.4, 0.5) is 10.1 Å². The summed E-state index contributed by atoms with van der Waals surface area (Å²) in [6, 6.07) is 4.43. The summed E-state index contributed by atoms with van der Waals surface area (Å²) in [4.78, 5) is 0. The fourth-order valence-corrected chi connectivity index (χ4v) is 2.20. The SMILES string of the molecule is Cc1cc(F)cc(NC(CO)c2cn(C)nc2C)c1. The van der Waals surface area contributed by atoms with Crippen LogP contribution in [0.15, 0.2) is 24.4 Å². The minimum atomic E-state index is -0.296. The van der Waals surface area contributed by atoms with Gasteiger partial charge in [0.25, 0.3) is 0 Å². The molecule has 0 radical (unpaired) electrons. The van der Waals surface area contributed by atoms with E-state index >= 15 is 0 Å². The molecule has 0 aliphatic carbocycles. The van der Waals surface area contributed by atoms with E-state index in [1.165, 1.54) is 12.1 Å². The van der Waals surface area contributed by atoms with Gasteiger partial charge in [0.1, 0.15) is 5.82 Å². The fraction of sp³-hybridized carbons (Fsp3) is 0.357. The number of aryl methyl sites for hydroxylation is 3. The van der Waals surface area contributed by atoms with Crippen molar-refractivity contribution in [3.05, 3.63) is 47.0 Å². The predicted octanol–water partition coefficient (Wildman–Crippen LogP) is 2.32. The third kappa shape index (κ3) is 3.12. The van der Waals surface area contributed by atoms with Gasteiger partial charge < -0.3 is 10.4 Å². The Labute approximate surface area is 111 Å². The van der Waals surface area contributed by atoms with E-state index in [-0.39, 0.29) is 18.5 Å². The van der Waals surface area contributed by atoms with Crippen LogP contribution in [-0.2, 0) is 7.05 Å². The van der Waals surface area contributed by atoms with E-state index in [1.807, 2.05) is 33.2 Å². The Bertz CT molecular complexity index is 560. The number of hydrogen-bond acceptors (Lipinski definition) is 3. The van der Waals surface area contributed by atoms with Crippen LogP contribution in [-0.4, -0.2) is 21.5 Å². The molecule has 2 aromatic rings. The second-order valence-corrected chi connectivity index (χ2v) is 4.74. The Balaban J connectivity index is 2.26. The molecule has 0 spiro atoms. The number of nitrogens with zero attached hydrogens (tertiary/aromatic N) is 2. The van der Waals surface area contributed by atoms with E-state index in [9.17, 15) is 9.50 Å². The van der Waals surface area contributed by atoms with E-state index in [1.54, 1.807) is 4.68 Å². The van der Waals surface area contributed by atoms with Crippen LogP contribution in [0.1, 0.15) is 22.9 Å². The third-order valence-corrected chi connectivity index (χ3v) is 2.99. The third-order valence-electron chi connectivity index (χ3n) is 2.99. The lowest BCUT2D eigenvalue weighted by molar-refractivity contribution is 0.276. The predicted molar refractivity (Wildman–Crippen MR) is 72.5 cm³/mol. The van der Waals surface area contributed by atoms with Crippen LogP contribution in [0.5, 0.6) is 0 Å². The summed E-state index contributed by atoms with van der Waals surface area (Å²) in [5.74, 6) is -0.290. The van der Waals surface area contributed by atoms with Gasteiger partial charge in [0.2, 0.25) is 0 Å². The first-order valence-corrected chi connectivity index (χ1v) is 6.14. The molecule has 4 nitrogen and oxygen atoms in total. The lowest BCUT2D eigenvalue weighted by atomic mass is 10.1. The van der Waals surface area contributed by atoms with Gasteiger partial charge in [-0.05, 0) is 37.6 Å². The zero-order valence-corrected chi connectivity index (χ0v) is 11.3. The van der Waals surface area contributed by atoms with Gasteiger partial charge in [-0.2, -0.15) is 5.10 Å². The lowest BCUT2D eigenvalue weighted by Gasteiger charge is -2.17. The summed E-state index contributed by atoms with van der Waals surface area (Å²) in [5, 5.41) is 16.9. The van der Waals surface area contributed by atoms with Crippen molar-refractivity contribution in [2.24, 2.45) is 7.05 Å². The molecule has 0 saturated heterocycles. The number of rotatable bonds is 4. The maximum Gasteiger partial charge on any atom is 0.125 e. The Morgan fingerprint density at radius 2 is 2.11 bits per heavy atom. The van der Waals surface area contributed by atoms with E-state index in [4.69, 9.17) is 0 Å². The summed E-state index contributed by atoms with van der Waals surface area (Å²) < 4.78 is 15.0. The van der Waals surface area contributed by atoms with Crippen LogP contribution in [0.2, 0.25) is 0 Å². The summed E-state index contributed by atoms with van der Waals surface area (Å²) >= 11 is 0. The molecule has 0 saturated carbocycles. The number of aliphatic hydroxyl groups is 1. The molecular weight excluding hydrogens is 245 g/mol. The first-order chi connectivity index (χ1) is 8.99. The Morgan fingerprint density at radius 3 is 2.63 bits per heavy atom. The standard InChI is InChI=1S/C14H18FN3O/c1-9-4-11(15)6-12(5-9)16-14(8-19)13-7-18(3)17-10(13)2/h4-7,14,16,19H,8H2,1-3H3. The Hall–Kier alpha value is -1.88. The molecule has 0 amide bonds.